The molecule has 0 unspecified atom stereocenters. The van der Waals surface area contributed by atoms with Crippen LogP contribution in [0, 0.1) is 17.7 Å². The summed E-state index contributed by atoms with van der Waals surface area (Å²) in [6.07, 6.45) is 5.31. The molecule has 0 saturated heterocycles. The zero-order valence-electron chi connectivity index (χ0n) is 11.9. The van der Waals surface area contributed by atoms with Gasteiger partial charge >= 0.3 is 0 Å². The van der Waals surface area contributed by atoms with Crippen molar-refractivity contribution in [3.8, 4) is 5.75 Å². The van der Waals surface area contributed by atoms with Gasteiger partial charge < -0.3 is 10.1 Å². The predicted octanol–water partition coefficient (Wildman–Crippen LogP) is 3.75. The molecule has 0 aliphatic heterocycles. The van der Waals surface area contributed by atoms with Gasteiger partial charge in [-0.05, 0) is 49.4 Å². The van der Waals surface area contributed by atoms with Crippen LogP contribution >= 0.6 is 0 Å². The Bertz CT molecular complexity index is 400. The van der Waals surface area contributed by atoms with Gasteiger partial charge in [0.15, 0.2) is 0 Å². The molecule has 0 amide bonds. The van der Waals surface area contributed by atoms with Crippen LogP contribution in [0.2, 0.25) is 0 Å². The molecule has 0 bridgehead atoms. The van der Waals surface area contributed by atoms with Crippen molar-refractivity contribution < 1.29 is 9.13 Å². The minimum atomic E-state index is -0.205. The average molecular weight is 265 g/mol. The molecule has 1 aliphatic carbocycles. The van der Waals surface area contributed by atoms with Crippen molar-refractivity contribution in [3.63, 3.8) is 0 Å². The van der Waals surface area contributed by atoms with E-state index in [9.17, 15) is 4.39 Å². The smallest absolute Gasteiger partial charge is 0.123 e. The first-order chi connectivity index (χ1) is 9.19. The molecule has 1 fully saturated rings. The summed E-state index contributed by atoms with van der Waals surface area (Å²) in [6, 6.07) is 4.67. The summed E-state index contributed by atoms with van der Waals surface area (Å²) in [5.41, 5.74) is 0.895. The third-order valence-corrected chi connectivity index (χ3v) is 4.13. The lowest BCUT2D eigenvalue weighted by molar-refractivity contribution is 0.281. The van der Waals surface area contributed by atoms with Crippen molar-refractivity contribution in [2.75, 3.05) is 13.7 Å². The molecule has 3 heteroatoms. The summed E-state index contributed by atoms with van der Waals surface area (Å²) in [4.78, 5) is 0. The molecule has 106 valence electrons. The predicted molar refractivity (Wildman–Crippen MR) is 75.8 cm³/mol. The second kappa shape index (κ2) is 6.90. The highest BCUT2D eigenvalue weighted by Gasteiger charge is 2.17. The largest absolute Gasteiger partial charge is 0.496 e. The Morgan fingerprint density at radius 1 is 1.26 bits per heavy atom. The highest BCUT2D eigenvalue weighted by Crippen LogP contribution is 2.28. The molecule has 1 saturated carbocycles. The van der Waals surface area contributed by atoms with Crippen LogP contribution in [0.5, 0.6) is 5.75 Å². The quantitative estimate of drug-likeness (QED) is 0.875. The zero-order valence-corrected chi connectivity index (χ0v) is 11.9. The van der Waals surface area contributed by atoms with E-state index in [-0.39, 0.29) is 5.82 Å². The Morgan fingerprint density at radius 2 is 2.00 bits per heavy atom. The van der Waals surface area contributed by atoms with Gasteiger partial charge in [-0.25, -0.2) is 4.39 Å². The summed E-state index contributed by atoms with van der Waals surface area (Å²) in [6.45, 7) is 4.03. The summed E-state index contributed by atoms with van der Waals surface area (Å²) in [7, 11) is 1.62. The molecular formula is C16H24FNO. The number of nitrogens with one attached hydrogen (secondary N) is 1. The maximum absolute atomic E-state index is 13.2. The van der Waals surface area contributed by atoms with Gasteiger partial charge in [-0.1, -0.05) is 19.8 Å². The fraction of sp³-hybridized carbons (Fsp3) is 0.625. The lowest BCUT2D eigenvalue weighted by Gasteiger charge is -2.26. The summed E-state index contributed by atoms with van der Waals surface area (Å²) in [5, 5.41) is 3.44. The van der Waals surface area contributed by atoms with Crippen LogP contribution in [0.3, 0.4) is 0 Å². The fourth-order valence-electron chi connectivity index (χ4n) is 2.83. The van der Waals surface area contributed by atoms with Gasteiger partial charge in [0.2, 0.25) is 0 Å². The molecule has 19 heavy (non-hydrogen) atoms. The first-order valence-corrected chi connectivity index (χ1v) is 7.22. The number of hydrogen-bond donors (Lipinski definition) is 1. The van der Waals surface area contributed by atoms with Gasteiger partial charge in [0.1, 0.15) is 11.6 Å². The van der Waals surface area contributed by atoms with E-state index in [1.807, 2.05) is 0 Å². The Balaban J connectivity index is 1.80. The molecule has 1 aromatic rings. The molecule has 2 rings (SSSR count). The number of benzene rings is 1. The topological polar surface area (TPSA) is 21.3 Å². The van der Waals surface area contributed by atoms with E-state index in [0.29, 0.717) is 6.54 Å². The van der Waals surface area contributed by atoms with Gasteiger partial charge in [-0.3, -0.25) is 0 Å². The van der Waals surface area contributed by atoms with Crippen LogP contribution in [0.25, 0.3) is 0 Å². The fourth-order valence-corrected chi connectivity index (χ4v) is 2.83. The highest BCUT2D eigenvalue weighted by molar-refractivity contribution is 5.33. The average Bonchev–Trinajstić information content (AvgIpc) is 2.41. The van der Waals surface area contributed by atoms with Crippen LogP contribution < -0.4 is 10.1 Å². The summed E-state index contributed by atoms with van der Waals surface area (Å²) in [5.74, 6) is 2.21. The van der Waals surface area contributed by atoms with Gasteiger partial charge in [-0.15, -0.1) is 0 Å². The molecule has 0 spiro atoms. The second-order valence-electron chi connectivity index (χ2n) is 5.71. The Labute approximate surface area is 115 Å². The Kier molecular flexibility index (Phi) is 5.20. The minimum absolute atomic E-state index is 0.205. The standard InChI is InChI=1S/C16H24FNO/c1-12-3-5-13(6-4-12)10-18-11-14-9-15(17)7-8-16(14)19-2/h7-9,12-13,18H,3-6,10-11H2,1-2H3. The van der Waals surface area contributed by atoms with Crippen LogP contribution in [-0.2, 0) is 6.54 Å². The van der Waals surface area contributed by atoms with Crippen LogP contribution in [0.4, 0.5) is 4.39 Å². The van der Waals surface area contributed by atoms with Crippen LogP contribution in [0.15, 0.2) is 18.2 Å². The van der Waals surface area contributed by atoms with E-state index in [0.717, 1.165) is 29.7 Å². The van der Waals surface area contributed by atoms with Crippen molar-refractivity contribution in [2.45, 2.75) is 39.2 Å². The monoisotopic (exact) mass is 265 g/mol. The van der Waals surface area contributed by atoms with E-state index < -0.39 is 0 Å². The van der Waals surface area contributed by atoms with E-state index in [4.69, 9.17) is 4.74 Å². The van der Waals surface area contributed by atoms with E-state index in [2.05, 4.69) is 12.2 Å². The molecule has 1 aliphatic rings. The first kappa shape index (κ1) is 14.3. The maximum atomic E-state index is 13.2. The normalized spacial score (nSPS) is 23.3. The summed E-state index contributed by atoms with van der Waals surface area (Å²) < 4.78 is 18.5. The van der Waals surface area contributed by atoms with Gasteiger partial charge in [0.25, 0.3) is 0 Å². The third-order valence-electron chi connectivity index (χ3n) is 4.13. The van der Waals surface area contributed by atoms with Gasteiger partial charge in [0, 0.05) is 12.1 Å². The molecular weight excluding hydrogens is 241 g/mol. The van der Waals surface area contributed by atoms with Crippen LogP contribution in [-0.4, -0.2) is 13.7 Å². The van der Waals surface area contributed by atoms with Crippen molar-refractivity contribution in [1.29, 1.82) is 0 Å². The maximum Gasteiger partial charge on any atom is 0.123 e. The molecule has 0 atom stereocenters. The number of rotatable bonds is 5. The highest BCUT2D eigenvalue weighted by atomic mass is 19.1. The van der Waals surface area contributed by atoms with Crippen molar-refractivity contribution in [2.24, 2.45) is 11.8 Å². The molecule has 0 aromatic heterocycles. The van der Waals surface area contributed by atoms with E-state index in [1.165, 1.54) is 31.7 Å². The summed E-state index contributed by atoms with van der Waals surface area (Å²) >= 11 is 0. The molecule has 2 nitrogen and oxygen atoms in total. The zero-order chi connectivity index (χ0) is 13.7. The van der Waals surface area contributed by atoms with E-state index in [1.54, 1.807) is 19.2 Å². The first-order valence-electron chi connectivity index (χ1n) is 7.22. The van der Waals surface area contributed by atoms with E-state index >= 15 is 0 Å². The molecule has 1 N–H and O–H groups in total. The Hall–Kier alpha value is -1.09. The Morgan fingerprint density at radius 3 is 2.68 bits per heavy atom. The molecule has 0 heterocycles. The SMILES string of the molecule is COc1ccc(F)cc1CNCC1CCC(C)CC1. The van der Waals surface area contributed by atoms with Gasteiger partial charge in [0.05, 0.1) is 7.11 Å². The van der Waals surface area contributed by atoms with Crippen molar-refractivity contribution in [1.82, 2.24) is 5.32 Å². The molecule has 1 aromatic carbocycles. The second-order valence-corrected chi connectivity index (χ2v) is 5.71. The number of halogens is 1. The van der Waals surface area contributed by atoms with Crippen LogP contribution in [0.1, 0.15) is 38.2 Å². The van der Waals surface area contributed by atoms with Crippen molar-refractivity contribution >= 4 is 0 Å². The van der Waals surface area contributed by atoms with Crippen molar-refractivity contribution in [3.05, 3.63) is 29.6 Å². The lowest BCUT2D eigenvalue weighted by atomic mass is 9.83. The van der Waals surface area contributed by atoms with Gasteiger partial charge in [-0.2, -0.15) is 0 Å². The lowest BCUT2D eigenvalue weighted by Crippen LogP contribution is -2.25. The minimum Gasteiger partial charge on any atom is -0.496 e. The molecule has 0 radical (unpaired) electrons. The third kappa shape index (κ3) is 4.20. The number of methoxy groups -OCH3 is 1. The number of ether oxygens (including phenoxy) is 1. The number of hydrogen-bond acceptors (Lipinski definition) is 2.